The van der Waals surface area contributed by atoms with Gasteiger partial charge in [-0.2, -0.15) is 0 Å². The zero-order chi connectivity index (χ0) is 26.2. The largest absolute Gasteiger partial charge is 0.486 e. The van der Waals surface area contributed by atoms with Crippen molar-refractivity contribution in [2.75, 3.05) is 19.6 Å². The summed E-state index contributed by atoms with van der Waals surface area (Å²) in [6.07, 6.45) is 8.97. The Hall–Kier alpha value is -3.11. The molecule has 0 N–H and O–H groups in total. The molecule has 1 aliphatic rings. The van der Waals surface area contributed by atoms with Crippen LogP contribution in [0.5, 0.6) is 5.75 Å². The maximum Gasteiger partial charge on any atom is 0.148 e. The molecule has 0 radical (unpaired) electrons. The molecule has 0 atom stereocenters. The minimum atomic E-state index is 0.500. The number of benzene rings is 3. The summed E-state index contributed by atoms with van der Waals surface area (Å²) >= 11 is 0. The summed E-state index contributed by atoms with van der Waals surface area (Å²) in [5.41, 5.74) is 6.29. The van der Waals surface area contributed by atoms with Crippen molar-refractivity contribution < 1.29 is 4.74 Å². The van der Waals surface area contributed by atoms with E-state index in [4.69, 9.17) is 9.72 Å². The van der Waals surface area contributed by atoms with Crippen LogP contribution in [0.15, 0.2) is 72.8 Å². The number of aryl methyl sites for hydroxylation is 4. The van der Waals surface area contributed by atoms with E-state index in [-0.39, 0.29) is 0 Å². The molecule has 2 heterocycles. The van der Waals surface area contributed by atoms with Crippen molar-refractivity contribution in [2.45, 2.75) is 71.9 Å². The quantitative estimate of drug-likeness (QED) is 0.183. The van der Waals surface area contributed by atoms with Crippen molar-refractivity contribution >= 4 is 11.0 Å². The van der Waals surface area contributed by atoms with E-state index >= 15 is 0 Å². The second kappa shape index (κ2) is 13.1. The van der Waals surface area contributed by atoms with Crippen LogP contribution in [0.4, 0.5) is 0 Å². The third kappa shape index (κ3) is 7.05. The van der Waals surface area contributed by atoms with Gasteiger partial charge in [0.15, 0.2) is 0 Å². The molecule has 1 aromatic heterocycles. The van der Waals surface area contributed by atoms with Crippen LogP contribution in [0.1, 0.15) is 61.0 Å². The van der Waals surface area contributed by atoms with Gasteiger partial charge in [0.1, 0.15) is 18.2 Å². The third-order valence-corrected chi connectivity index (χ3v) is 8.18. The summed E-state index contributed by atoms with van der Waals surface area (Å²) in [6.45, 7) is 9.54. The van der Waals surface area contributed by atoms with E-state index in [9.17, 15) is 0 Å². The summed E-state index contributed by atoms with van der Waals surface area (Å²) in [6, 6.07) is 25.7. The van der Waals surface area contributed by atoms with Crippen molar-refractivity contribution in [3.8, 4) is 5.75 Å². The summed E-state index contributed by atoms with van der Waals surface area (Å²) in [4.78, 5) is 7.69. The number of nitrogens with zero attached hydrogens (tertiary/aromatic N) is 3. The highest BCUT2D eigenvalue weighted by Crippen LogP contribution is 2.25. The maximum atomic E-state index is 6.14. The molecule has 0 amide bonds. The molecule has 0 spiro atoms. The Bertz CT molecular complexity index is 1270. The lowest BCUT2D eigenvalue weighted by molar-refractivity contribution is 0.174. The molecule has 0 unspecified atom stereocenters. The molecule has 5 rings (SSSR count). The molecule has 0 aliphatic carbocycles. The topological polar surface area (TPSA) is 30.3 Å². The SMILES string of the molecule is Cc1ccc(OCc2nc3c(C)cccc3n2CCCC2CCN(CCCCc3ccccc3)CC2)cc1. The Balaban J connectivity index is 1.09. The Kier molecular flexibility index (Phi) is 9.14. The molecule has 0 bridgehead atoms. The van der Waals surface area contributed by atoms with Crippen LogP contribution < -0.4 is 4.74 Å². The van der Waals surface area contributed by atoms with Gasteiger partial charge in [-0.3, -0.25) is 0 Å². The number of aromatic nitrogens is 2. The van der Waals surface area contributed by atoms with Gasteiger partial charge in [0.2, 0.25) is 0 Å². The fourth-order valence-corrected chi connectivity index (χ4v) is 5.82. The summed E-state index contributed by atoms with van der Waals surface area (Å²) < 4.78 is 8.54. The number of para-hydroxylation sites is 1. The summed E-state index contributed by atoms with van der Waals surface area (Å²) in [5, 5.41) is 0. The molecule has 200 valence electrons. The molecule has 4 nitrogen and oxygen atoms in total. The van der Waals surface area contributed by atoms with Gasteiger partial charge >= 0.3 is 0 Å². The molecule has 1 saturated heterocycles. The lowest BCUT2D eigenvalue weighted by atomic mass is 9.92. The number of likely N-dealkylation sites (tertiary alicyclic amines) is 1. The number of piperidine rings is 1. The first-order valence-corrected chi connectivity index (χ1v) is 14.6. The van der Waals surface area contributed by atoms with Crippen LogP contribution in [0, 0.1) is 19.8 Å². The second-order valence-corrected chi connectivity index (χ2v) is 11.1. The highest BCUT2D eigenvalue weighted by atomic mass is 16.5. The number of unbranched alkanes of at least 4 members (excludes halogenated alkanes) is 1. The number of imidazole rings is 1. The van der Waals surface area contributed by atoms with E-state index in [0.717, 1.165) is 29.6 Å². The summed E-state index contributed by atoms with van der Waals surface area (Å²) in [5.74, 6) is 2.78. The van der Waals surface area contributed by atoms with Gasteiger partial charge in [-0.15, -0.1) is 0 Å². The van der Waals surface area contributed by atoms with Crippen LogP contribution in [0.25, 0.3) is 11.0 Å². The minimum Gasteiger partial charge on any atom is -0.486 e. The Morgan fingerprint density at radius 3 is 2.39 bits per heavy atom. The second-order valence-electron chi connectivity index (χ2n) is 11.1. The van der Waals surface area contributed by atoms with E-state index < -0.39 is 0 Å². The van der Waals surface area contributed by atoms with E-state index in [2.05, 4.69) is 84.0 Å². The van der Waals surface area contributed by atoms with Gasteiger partial charge < -0.3 is 14.2 Å². The Morgan fingerprint density at radius 1 is 0.816 bits per heavy atom. The molecule has 4 heteroatoms. The molecule has 4 aromatic rings. The van der Waals surface area contributed by atoms with Crippen LogP contribution >= 0.6 is 0 Å². The fourth-order valence-electron chi connectivity index (χ4n) is 5.82. The number of rotatable bonds is 12. The minimum absolute atomic E-state index is 0.500. The molecule has 0 saturated carbocycles. The predicted molar refractivity (Wildman–Crippen MR) is 158 cm³/mol. The van der Waals surface area contributed by atoms with Crippen LogP contribution in [0.3, 0.4) is 0 Å². The van der Waals surface area contributed by atoms with E-state index in [1.807, 2.05) is 12.1 Å². The maximum absolute atomic E-state index is 6.14. The molecule has 1 fully saturated rings. The Morgan fingerprint density at radius 2 is 1.61 bits per heavy atom. The molecule has 3 aromatic carbocycles. The fraction of sp³-hybridized carbons (Fsp3) is 0.441. The first-order chi connectivity index (χ1) is 18.7. The zero-order valence-electron chi connectivity index (χ0n) is 23.2. The van der Waals surface area contributed by atoms with E-state index in [0.29, 0.717) is 6.61 Å². The van der Waals surface area contributed by atoms with Gasteiger partial charge in [-0.1, -0.05) is 60.2 Å². The van der Waals surface area contributed by atoms with Crippen molar-refractivity contribution in [3.63, 3.8) is 0 Å². The average molecular weight is 510 g/mol. The highest BCUT2D eigenvalue weighted by Gasteiger charge is 2.19. The van der Waals surface area contributed by atoms with Gasteiger partial charge in [0.25, 0.3) is 0 Å². The van der Waals surface area contributed by atoms with Crippen LogP contribution in [-0.2, 0) is 19.6 Å². The first-order valence-electron chi connectivity index (χ1n) is 14.6. The van der Waals surface area contributed by atoms with Crippen molar-refractivity contribution in [2.24, 2.45) is 5.92 Å². The number of fused-ring (bicyclic) bond motifs is 1. The molecule has 38 heavy (non-hydrogen) atoms. The molecule has 1 aliphatic heterocycles. The van der Waals surface area contributed by atoms with E-state index in [1.165, 1.54) is 86.8 Å². The lowest BCUT2D eigenvalue weighted by Crippen LogP contribution is -2.34. The average Bonchev–Trinajstić information content (AvgIpc) is 3.31. The van der Waals surface area contributed by atoms with Crippen LogP contribution in [0.2, 0.25) is 0 Å². The van der Waals surface area contributed by atoms with Gasteiger partial charge in [-0.05, 0) is 114 Å². The van der Waals surface area contributed by atoms with Gasteiger partial charge in [0, 0.05) is 6.54 Å². The van der Waals surface area contributed by atoms with E-state index in [1.54, 1.807) is 0 Å². The smallest absolute Gasteiger partial charge is 0.148 e. The van der Waals surface area contributed by atoms with Crippen molar-refractivity contribution in [1.82, 2.24) is 14.5 Å². The third-order valence-electron chi connectivity index (χ3n) is 8.18. The number of ether oxygens (including phenoxy) is 1. The van der Waals surface area contributed by atoms with Gasteiger partial charge in [-0.25, -0.2) is 4.98 Å². The first kappa shape index (κ1) is 26.5. The number of hydrogen-bond donors (Lipinski definition) is 0. The summed E-state index contributed by atoms with van der Waals surface area (Å²) in [7, 11) is 0. The molecular weight excluding hydrogens is 466 g/mol. The van der Waals surface area contributed by atoms with Crippen LogP contribution in [-0.4, -0.2) is 34.1 Å². The normalized spacial score (nSPS) is 14.8. The van der Waals surface area contributed by atoms with Crippen molar-refractivity contribution in [1.29, 1.82) is 0 Å². The predicted octanol–water partition coefficient (Wildman–Crippen LogP) is 7.75. The van der Waals surface area contributed by atoms with Gasteiger partial charge in [0.05, 0.1) is 11.0 Å². The molecular formula is C34H43N3O. The zero-order valence-corrected chi connectivity index (χ0v) is 23.2. The lowest BCUT2D eigenvalue weighted by Gasteiger charge is -2.32. The monoisotopic (exact) mass is 509 g/mol. The number of hydrogen-bond acceptors (Lipinski definition) is 3. The standard InChI is InChI=1S/C34H43N3O/c1-27-16-18-31(19-17-27)38-26-33-35-34-28(2)10-8-15-32(34)37(33)23-9-14-30-20-24-36(25-21-30)22-7-6-13-29-11-4-3-5-12-29/h3-5,8,10-12,15-19,30H,6-7,9,13-14,20-26H2,1-2H3. The van der Waals surface area contributed by atoms with Crippen molar-refractivity contribution in [3.05, 3.63) is 95.3 Å². The Labute approximate surface area is 228 Å². The highest BCUT2D eigenvalue weighted by molar-refractivity contribution is 5.79.